The number of benzene rings is 2. The van der Waals surface area contributed by atoms with Crippen molar-refractivity contribution in [2.24, 2.45) is 0 Å². The van der Waals surface area contributed by atoms with Crippen LogP contribution in [0.2, 0.25) is 5.15 Å². The van der Waals surface area contributed by atoms with Gasteiger partial charge in [0.25, 0.3) is 5.91 Å². The van der Waals surface area contributed by atoms with Crippen LogP contribution in [0.3, 0.4) is 0 Å². The molecule has 2 aromatic carbocycles. The van der Waals surface area contributed by atoms with E-state index >= 15 is 0 Å². The number of carbonyl (C=O) groups excluding carboxylic acids is 2. The number of hydrogen-bond acceptors (Lipinski definition) is 11. The second kappa shape index (κ2) is 15.5. The van der Waals surface area contributed by atoms with Gasteiger partial charge in [0, 0.05) is 67.0 Å². The Hall–Kier alpha value is -4.46. The number of ether oxygens (including phenoxy) is 1. The summed E-state index contributed by atoms with van der Waals surface area (Å²) in [6.45, 7) is 12.8. The number of hydrogen-bond donors (Lipinski definition) is 2. The van der Waals surface area contributed by atoms with Crippen LogP contribution in [0.15, 0.2) is 76.9 Å². The Bertz CT molecular complexity index is 1920. The number of aromatic nitrogens is 4. The predicted molar refractivity (Wildman–Crippen MR) is 208 cm³/mol. The number of rotatable bonds is 8. The maximum Gasteiger partial charge on any atom is 0.408 e. The summed E-state index contributed by atoms with van der Waals surface area (Å²) >= 11 is 7.41. The van der Waals surface area contributed by atoms with Crippen molar-refractivity contribution in [3.8, 4) is 0 Å². The molecule has 0 radical (unpaired) electrons. The van der Waals surface area contributed by atoms with Gasteiger partial charge < -0.3 is 25.2 Å². The molecular weight excluding hydrogens is 710 g/mol. The maximum absolute atomic E-state index is 13.4. The first-order valence-electron chi connectivity index (χ1n) is 18.2. The first kappa shape index (κ1) is 36.9. The zero-order valence-electron chi connectivity index (χ0n) is 30.6. The van der Waals surface area contributed by atoms with Gasteiger partial charge in [-0.3, -0.25) is 9.69 Å². The smallest absolute Gasteiger partial charge is 0.408 e. The summed E-state index contributed by atoms with van der Waals surface area (Å²) in [5, 5.41) is 15.5. The molecule has 2 amide bonds. The molecule has 2 aliphatic heterocycles. The van der Waals surface area contributed by atoms with Gasteiger partial charge in [0.1, 0.15) is 16.4 Å². The van der Waals surface area contributed by atoms with Gasteiger partial charge in [-0.2, -0.15) is 0 Å². The number of amides is 2. The number of nitrogens with zero attached hydrogens (tertiary/aromatic N) is 7. The van der Waals surface area contributed by atoms with Crippen molar-refractivity contribution in [3.63, 3.8) is 0 Å². The topological polar surface area (TPSA) is 129 Å². The number of carbonyl (C=O) groups is 2. The summed E-state index contributed by atoms with van der Waals surface area (Å²) in [5.41, 5.74) is 3.08. The van der Waals surface area contributed by atoms with Gasteiger partial charge in [-0.05, 0) is 107 Å². The van der Waals surface area contributed by atoms with E-state index in [4.69, 9.17) is 21.3 Å². The van der Waals surface area contributed by atoms with Crippen molar-refractivity contribution in [2.45, 2.75) is 80.5 Å². The lowest BCUT2D eigenvalue weighted by Gasteiger charge is -2.40. The minimum atomic E-state index is -0.533. The lowest BCUT2D eigenvalue weighted by Crippen LogP contribution is -2.54. The third kappa shape index (κ3) is 9.38. The third-order valence-electron chi connectivity index (χ3n) is 10.1. The van der Waals surface area contributed by atoms with Gasteiger partial charge >= 0.3 is 6.09 Å². The monoisotopic (exact) mass is 755 g/mol. The first-order valence-corrected chi connectivity index (χ1v) is 19.3. The van der Waals surface area contributed by atoms with Crippen LogP contribution in [0.1, 0.15) is 62.0 Å². The maximum atomic E-state index is 13.4. The van der Waals surface area contributed by atoms with Gasteiger partial charge in [-0.25, -0.2) is 14.8 Å². The molecule has 4 heterocycles. The molecule has 1 atom stereocenters. The van der Waals surface area contributed by atoms with Gasteiger partial charge in [-0.15, -0.1) is 10.2 Å². The van der Waals surface area contributed by atoms with E-state index in [-0.39, 0.29) is 17.5 Å². The van der Waals surface area contributed by atoms with Crippen LogP contribution in [0.5, 0.6) is 0 Å². The van der Waals surface area contributed by atoms with Crippen molar-refractivity contribution < 1.29 is 14.3 Å². The second-order valence-corrected chi connectivity index (χ2v) is 16.7. The molecule has 53 heavy (non-hydrogen) atoms. The third-order valence-corrected chi connectivity index (χ3v) is 11.2. The molecule has 2 aromatic heterocycles. The largest absolute Gasteiger partial charge is 0.444 e. The van der Waals surface area contributed by atoms with Gasteiger partial charge in [0.2, 0.25) is 0 Å². The molecule has 2 fully saturated rings. The zero-order chi connectivity index (χ0) is 37.2. The highest BCUT2D eigenvalue weighted by Gasteiger charge is 2.34. The zero-order valence-corrected chi connectivity index (χ0v) is 32.2. The molecule has 2 saturated heterocycles. The van der Waals surface area contributed by atoms with E-state index in [0.29, 0.717) is 16.8 Å². The number of anilines is 3. The van der Waals surface area contributed by atoms with E-state index in [1.807, 2.05) is 57.2 Å². The fourth-order valence-electron chi connectivity index (χ4n) is 7.18. The molecule has 3 aliphatic rings. The molecule has 0 bridgehead atoms. The minimum Gasteiger partial charge on any atom is -0.444 e. The first-order chi connectivity index (χ1) is 25.4. The summed E-state index contributed by atoms with van der Waals surface area (Å²) in [6, 6.07) is 18.0. The van der Waals surface area contributed by atoms with E-state index in [0.717, 1.165) is 92.2 Å². The molecule has 0 spiro atoms. The number of piperidine rings is 1. The van der Waals surface area contributed by atoms with Gasteiger partial charge in [0.15, 0.2) is 11.0 Å². The molecule has 2 N–H and O–H groups in total. The van der Waals surface area contributed by atoms with Crippen LogP contribution >= 0.6 is 23.4 Å². The van der Waals surface area contributed by atoms with E-state index in [2.05, 4.69) is 59.6 Å². The lowest BCUT2D eigenvalue weighted by molar-refractivity contribution is 0.0448. The summed E-state index contributed by atoms with van der Waals surface area (Å²) in [5.74, 6) is 1.54. The van der Waals surface area contributed by atoms with Crippen molar-refractivity contribution in [1.82, 2.24) is 30.4 Å². The van der Waals surface area contributed by atoms with E-state index in [9.17, 15) is 9.59 Å². The van der Waals surface area contributed by atoms with Crippen molar-refractivity contribution in [3.05, 3.63) is 88.8 Å². The number of piperazine rings is 1. The Balaban J connectivity index is 0.890. The highest BCUT2D eigenvalue weighted by atomic mass is 35.5. The molecular formula is C39H46ClN9O3S. The Labute approximate surface area is 320 Å². The summed E-state index contributed by atoms with van der Waals surface area (Å²) in [6.07, 6.45) is 6.67. The second-order valence-electron chi connectivity index (χ2n) is 15.3. The quantitative estimate of drug-likeness (QED) is 0.205. The van der Waals surface area contributed by atoms with E-state index in [1.165, 1.54) is 22.9 Å². The fraction of sp³-hybridized carbons (Fsp3) is 0.436. The number of alkyl carbamates (subject to hydrolysis) is 1. The summed E-state index contributed by atoms with van der Waals surface area (Å²) < 4.78 is 5.46. The van der Waals surface area contributed by atoms with Crippen LogP contribution < -0.4 is 20.4 Å². The summed E-state index contributed by atoms with van der Waals surface area (Å²) in [7, 11) is 0. The van der Waals surface area contributed by atoms with Crippen LogP contribution in [0, 0.1) is 0 Å². The molecule has 4 aromatic rings. The number of fused-ring (bicyclic) bond motifs is 1. The molecule has 1 aliphatic carbocycles. The molecule has 0 saturated carbocycles. The molecule has 278 valence electrons. The molecule has 7 rings (SSSR count). The lowest BCUT2D eigenvalue weighted by atomic mass is 9.90. The number of halogens is 1. The molecule has 1 unspecified atom stereocenters. The van der Waals surface area contributed by atoms with Crippen LogP contribution in [0.4, 0.5) is 22.1 Å². The predicted octanol–water partition coefficient (Wildman–Crippen LogP) is 6.50. The standard InChI is InChI=1S/C39H46ClN9O3S/c1-38(2,3)52-37(51)44-39(4)12-14-48(15-13-39)34-24-42-35(25-41-34)53-31-7-5-6-29(23-31)43-36(50)27-9-8-26-21-30(22-28(26)20-27)47-16-18-49(19-17-47)33-11-10-32(40)45-46-33/h5-11,20,23-25,30H,12-19,21-22H2,1-4H3,(H,43,50)(H,44,51). The normalized spacial score (nSPS) is 18.7. The van der Waals surface area contributed by atoms with Gasteiger partial charge in [0.05, 0.1) is 12.4 Å². The average molecular weight is 756 g/mol. The van der Waals surface area contributed by atoms with Crippen LogP contribution in [0.25, 0.3) is 0 Å². The Kier molecular flexibility index (Phi) is 10.8. The SMILES string of the molecule is CC1(NC(=O)OC(C)(C)C)CCN(c2cnc(Sc3cccc(NC(=O)c4ccc5c(c4)CC(N4CCN(c6ccc(Cl)nn6)CC4)C5)c3)cn2)CC1. The Morgan fingerprint density at radius 2 is 1.62 bits per heavy atom. The minimum absolute atomic E-state index is 0.126. The van der Waals surface area contributed by atoms with Crippen molar-refractivity contribution in [1.29, 1.82) is 0 Å². The Morgan fingerprint density at radius 3 is 2.32 bits per heavy atom. The highest BCUT2D eigenvalue weighted by Crippen LogP contribution is 2.31. The van der Waals surface area contributed by atoms with Crippen LogP contribution in [-0.2, 0) is 17.6 Å². The van der Waals surface area contributed by atoms with E-state index in [1.54, 1.807) is 18.5 Å². The van der Waals surface area contributed by atoms with Crippen molar-refractivity contribution >= 4 is 52.7 Å². The number of nitrogens with one attached hydrogen (secondary N) is 2. The fourth-order valence-corrected chi connectivity index (χ4v) is 8.06. The summed E-state index contributed by atoms with van der Waals surface area (Å²) in [4.78, 5) is 43.0. The molecule has 14 heteroatoms. The Morgan fingerprint density at radius 1 is 0.868 bits per heavy atom. The van der Waals surface area contributed by atoms with Crippen LogP contribution in [-0.4, -0.2) is 93.5 Å². The highest BCUT2D eigenvalue weighted by molar-refractivity contribution is 7.99. The van der Waals surface area contributed by atoms with E-state index < -0.39 is 5.60 Å². The van der Waals surface area contributed by atoms with Crippen molar-refractivity contribution in [2.75, 3.05) is 54.4 Å². The van der Waals surface area contributed by atoms with Gasteiger partial charge in [-0.1, -0.05) is 35.5 Å². The molecule has 12 nitrogen and oxygen atoms in total. The average Bonchev–Trinajstić information content (AvgIpc) is 3.56.